The molecule has 2 aromatic rings. The van der Waals surface area contributed by atoms with Crippen LogP contribution in [0.3, 0.4) is 0 Å². The number of para-hydroxylation sites is 1. The number of ether oxygens (including phenoxy) is 1. The molecule has 1 fully saturated rings. The Morgan fingerprint density at radius 2 is 1.92 bits per heavy atom. The van der Waals surface area contributed by atoms with Crippen LogP contribution < -0.4 is 14.4 Å². The summed E-state index contributed by atoms with van der Waals surface area (Å²) in [6.45, 7) is 3.87. The first-order valence-electron chi connectivity index (χ1n) is 8.22. The average molecular weight is 362 g/mol. The number of hydrogen-bond acceptors (Lipinski definition) is 6. The lowest BCUT2D eigenvalue weighted by Crippen LogP contribution is -2.26. The van der Waals surface area contributed by atoms with E-state index in [4.69, 9.17) is 4.74 Å². The van der Waals surface area contributed by atoms with Gasteiger partial charge in [0.1, 0.15) is 22.3 Å². The van der Waals surface area contributed by atoms with Crippen LogP contribution in [-0.4, -0.2) is 38.6 Å². The van der Waals surface area contributed by atoms with Gasteiger partial charge in [0, 0.05) is 24.8 Å². The maximum atomic E-state index is 12.6. The van der Waals surface area contributed by atoms with Crippen molar-refractivity contribution in [3.05, 3.63) is 41.9 Å². The molecule has 0 atom stereocenters. The number of benzene rings is 1. The lowest BCUT2D eigenvalue weighted by molar-refractivity contribution is 0.402. The van der Waals surface area contributed by atoms with E-state index in [0.29, 0.717) is 11.6 Å². The number of sulfonamides is 1. The van der Waals surface area contributed by atoms with Gasteiger partial charge in [-0.25, -0.2) is 23.1 Å². The van der Waals surface area contributed by atoms with E-state index in [-0.39, 0.29) is 11.4 Å². The minimum Gasteiger partial charge on any atom is -0.495 e. The van der Waals surface area contributed by atoms with Crippen molar-refractivity contribution in [3.63, 3.8) is 0 Å². The minimum absolute atomic E-state index is 0.0307. The summed E-state index contributed by atoms with van der Waals surface area (Å²) >= 11 is 0. The highest BCUT2D eigenvalue weighted by Crippen LogP contribution is 2.23. The van der Waals surface area contributed by atoms with Crippen LogP contribution >= 0.6 is 0 Å². The fraction of sp³-hybridized carbons (Fsp3) is 0.412. The summed E-state index contributed by atoms with van der Waals surface area (Å²) < 4.78 is 32.8. The molecule has 0 unspecified atom stereocenters. The average Bonchev–Trinajstić information content (AvgIpc) is 3.14. The van der Waals surface area contributed by atoms with Gasteiger partial charge in [-0.3, -0.25) is 0 Å². The third-order valence-electron chi connectivity index (χ3n) is 4.10. The number of aryl methyl sites for hydroxylation is 1. The van der Waals surface area contributed by atoms with E-state index in [2.05, 4.69) is 19.6 Å². The maximum absolute atomic E-state index is 12.6. The number of methoxy groups -OCH3 is 1. The first kappa shape index (κ1) is 17.6. The van der Waals surface area contributed by atoms with Crippen molar-refractivity contribution in [2.24, 2.45) is 0 Å². The molecule has 3 rings (SSSR count). The smallest absolute Gasteiger partial charge is 0.244 e. The Hall–Kier alpha value is -2.19. The molecule has 7 nitrogen and oxygen atoms in total. The Kier molecular flexibility index (Phi) is 5.19. The highest BCUT2D eigenvalue weighted by molar-refractivity contribution is 7.89. The molecule has 1 aliphatic rings. The Bertz CT molecular complexity index is 849. The molecule has 1 aromatic carbocycles. The summed E-state index contributed by atoms with van der Waals surface area (Å²) in [7, 11) is -2.27. The van der Waals surface area contributed by atoms with Gasteiger partial charge in [0.25, 0.3) is 0 Å². The van der Waals surface area contributed by atoms with Crippen molar-refractivity contribution in [3.8, 4) is 5.75 Å². The van der Waals surface area contributed by atoms with Crippen molar-refractivity contribution in [1.82, 2.24) is 14.7 Å². The van der Waals surface area contributed by atoms with Gasteiger partial charge >= 0.3 is 0 Å². The summed E-state index contributed by atoms with van der Waals surface area (Å²) in [5, 5.41) is 0. The van der Waals surface area contributed by atoms with Crippen molar-refractivity contribution in [2.45, 2.75) is 31.2 Å². The molecule has 2 heterocycles. The number of anilines is 1. The Labute approximate surface area is 148 Å². The van der Waals surface area contributed by atoms with Crippen LogP contribution in [-0.2, 0) is 16.6 Å². The van der Waals surface area contributed by atoms with Crippen molar-refractivity contribution >= 4 is 15.8 Å². The number of nitrogens with one attached hydrogen (secondary N) is 1. The highest BCUT2D eigenvalue weighted by Gasteiger charge is 2.20. The Morgan fingerprint density at radius 1 is 1.20 bits per heavy atom. The summed E-state index contributed by atoms with van der Waals surface area (Å²) in [4.78, 5) is 11.2. The van der Waals surface area contributed by atoms with Gasteiger partial charge in [0.05, 0.1) is 13.7 Å². The Morgan fingerprint density at radius 3 is 2.64 bits per heavy atom. The standard InChI is InChI=1S/C17H22N4O3S/c1-13-11-17(21-9-5-6-10-21)20-16(19-13)12-18-25(22,23)15-8-4-3-7-14(15)24-2/h3-4,7-8,11,18H,5-6,9-10,12H2,1-2H3. The van der Waals surface area contributed by atoms with E-state index in [1.165, 1.54) is 13.2 Å². The van der Waals surface area contributed by atoms with Crippen LogP contribution in [0.1, 0.15) is 24.4 Å². The first-order valence-corrected chi connectivity index (χ1v) is 9.70. The normalized spacial score (nSPS) is 14.7. The summed E-state index contributed by atoms with van der Waals surface area (Å²) in [6, 6.07) is 8.44. The topological polar surface area (TPSA) is 84.4 Å². The zero-order valence-electron chi connectivity index (χ0n) is 14.4. The molecule has 134 valence electrons. The van der Waals surface area contributed by atoms with Crippen LogP contribution in [0.5, 0.6) is 5.75 Å². The van der Waals surface area contributed by atoms with Crippen LogP contribution in [0.25, 0.3) is 0 Å². The number of rotatable bonds is 6. The van der Waals surface area contributed by atoms with E-state index < -0.39 is 10.0 Å². The molecule has 0 radical (unpaired) electrons. The second-order valence-corrected chi connectivity index (χ2v) is 7.69. The second-order valence-electron chi connectivity index (χ2n) is 5.95. The predicted octanol–water partition coefficient (Wildman–Crippen LogP) is 1.87. The molecular formula is C17H22N4O3S. The molecule has 0 aliphatic carbocycles. The molecule has 1 saturated heterocycles. The zero-order valence-corrected chi connectivity index (χ0v) is 15.2. The number of hydrogen-bond donors (Lipinski definition) is 1. The van der Waals surface area contributed by atoms with Crippen LogP contribution in [0.2, 0.25) is 0 Å². The van der Waals surface area contributed by atoms with Gasteiger partial charge < -0.3 is 9.64 Å². The molecule has 8 heteroatoms. The Balaban J connectivity index is 1.78. The fourth-order valence-corrected chi connectivity index (χ4v) is 4.03. The molecule has 0 saturated carbocycles. The van der Waals surface area contributed by atoms with Crippen molar-refractivity contribution < 1.29 is 13.2 Å². The quantitative estimate of drug-likeness (QED) is 0.844. The predicted molar refractivity (Wildman–Crippen MR) is 95.2 cm³/mol. The van der Waals surface area contributed by atoms with E-state index >= 15 is 0 Å². The summed E-state index contributed by atoms with van der Waals surface area (Å²) in [6.07, 6.45) is 2.30. The second kappa shape index (κ2) is 7.37. The van der Waals surface area contributed by atoms with E-state index in [1.807, 2.05) is 13.0 Å². The van der Waals surface area contributed by atoms with Crippen LogP contribution in [0.4, 0.5) is 5.82 Å². The van der Waals surface area contributed by atoms with E-state index in [9.17, 15) is 8.42 Å². The lowest BCUT2D eigenvalue weighted by atomic mass is 10.3. The maximum Gasteiger partial charge on any atom is 0.244 e. The first-order chi connectivity index (χ1) is 12.0. The monoisotopic (exact) mass is 362 g/mol. The van der Waals surface area contributed by atoms with Crippen molar-refractivity contribution in [2.75, 3.05) is 25.1 Å². The SMILES string of the molecule is COc1ccccc1S(=O)(=O)NCc1nc(C)cc(N2CCCC2)n1. The molecule has 0 bridgehead atoms. The van der Waals surface area contributed by atoms with Gasteiger partial charge in [0.2, 0.25) is 10.0 Å². The highest BCUT2D eigenvalue weighted by atomic mass is 32.2. The van der Waals surface area contributed by atoms with Crippen LogP contribution in [0.15, 0.2) is 35.2 Å². The van der Waals surface area contributed by atoms with Crippen LogP contribution in [0, 0.1) is 6.92 Å². The number of aromatic nitrogens is 2. The van der Waals surface area contributed by atoms with E-state index in [0.717, 1.165) is 37.4 Å². The zero-order chi connectivity index (χ0) is 17.9. The fourth-order valence-electron chi connectivity index (χ4n) is 2.88. The number of nitrogens with zero attached hydrogens (tertiary/aromatic N) is 3. The summed E-state index contributed by atoms with van der Waals surface area (Å²) in [5.41, 5.74) is 0.823. The van der Waals surface area contributed by atoms with Gasteiger partial charge in [-0.15, -0.1) is 0 Å². The van der Waals surface area contributed by atoms with Gasteiger partial charge in [-0.05, 0) is 31.9 Å². The van der Waals surface area contributed by atoms with Gasteiger partial charge in [-0.1, -0.05) is 12.1 Å². The van der Waals surface area contributed by atoms with Gasteiger partial charge in [-0.2, -0.15) is 0 Å². The van der Waals surface area contributed by atoms with Crippen molar-refractivity contribution in [1.29, 1.82) is 0 Å². The molecule has 0 spiro atoms. The van der Waals surface area contributed by atoms with Gasteiger partial charge in [0.15, 0.2) is 0 Å². The molecule has 25 heavy (non-hydrogen) atoms. The third kappa shape index (κ3) is 4.08. The molecule has 1 aliphatic heterocycles. The minimum atomic E-state index is -3.71. The largest absolute Gasteiger partial charge is 0.495 e. The molecule has 0 amide bonds. The molecule has 1 aromatic heterocycles. The molecular weight excluding hydrogens is 340 g/mol. The lowest BCUT2D eigenvalue weighted by Gasteiger charge is -2.17. The third-order valence-corrected chi connectivity index (χ3v) is 5.54. The summed E-state index contributed by atoms with van der Waals surface area (Å²) in [5.74, 6) is 1.62. The van der Waals surface area contributed by atoms with E-state index in [1.54, 1.807) is 18.2 Å². The molecule has 1 N–H and O–H groups in total.